The Bertz CT molecular complexity index is 852. The molecule has 6 nitrogen and oxygen atoms in total. The van der Waals surface area contributed by atoms with Gasteiger partial charge in [-0.25, -0.2) is 13.1 Å². The van der Waals surface area contributed by atoms with E-state index in [-0.39, 0.29) is 16.1 Å². The quantitative estimate of drug-likeness (QED) is 0.613. The van der Waals surface area contributed by atoms with Crippen molar-refractivity contribution in [2.45, 2.75) is 24.8 Å². The van der Waals surface area contributed by atoms with Crippen LogP contribution in [0.25, 0.3) is 0 Å². The third kappa shape index (κ3) is 3.77. The first-order valence-electron chi connectivity index (χ1n) is 6.75. The van der Waals surface area contributed by atoms with Crippen molar-refractivity contribution in [1.82, 2.24) is 4.72 Å². The van der Waals surface area contributed by atoms with Crippen molar-refractivity contribution in [3.8, 4) is 0 Å². The van der Waals surface area contributed by atoms with Gasteiger partial charge in [-0.1, -0.05) is 40.2 Å². The van der Waals surface area contributed by atoms with E-state index in [1.807, 2.05) is 18.2 Å². The lowest BCUT2D eigenvalue weighted by atomic mass is 10.1. The Morgan fingerprint density at radius 3 is 2.43 bits per heavy atom. The largest absolute Gasteiger partial charge is 0.273 e. The van der Waals surface area contributed by atoms with Crippen LogP contribution in [0.15, 0.2) is 51.8 Å². The molecule has 2 aromatic carbocycles. The van der Waals surface area contributed by atoms with Gasteiger partial charge in [0.2, 0.25) is 10.0 Å². The zero-order valence-corrected chi connectivity index (χ0v) is 14.9. The topological polar surface area (TPSA) is 89.3 Å². The molecule has 0 spiro atoms. The van der Waals surface area contributed by atoms with Gasteiger partial charge < -0.3 is 0 Å². The summed E-state index contributed by atoms with van der Waals surface area (Å²) in [5.41, 5.74) is 0.671. The smallest absolute Gasteiger partial charge is 0.258 e. The van der Waals surface area contributed by atoms with Crippen LogP contribution in [0, 0.1) is 17.0 Å². The number of hydrogen-bond acceptors (Lipinski definition) is 4. The van der Waals surface area contributed by atoms with Gasteiger partial charge in [0.15, 0.2) is 0 Å². The van der Waals surface area contributed by atoms with Crippen molar-refractivity contribution in [2.24, 2.45) is 0 Å². The van der Waals surface area contributed by atoms with Crippen LogP contribution in [0.5, 0.6) is 0 Å². The van der Waals surface area contributed by atoms with Crippen LogP contribution in [0.1, 0.15) is 24.1 Å². The van der Waals surface area contributed by atoms with E-state index >= 15 is 0 Å². The number of nitro benzene ring substituents is 1. The molecule has 0 unspecified atom stereocenters. The van der Waals surface area contributed by atoms with E-state index < -0.39 is 21.0 Å². The standard InChI is InChI=1S/C15H15BrN2O4S/c1-10-14(18(19)20)8-5-9-15(10)23(21,22)17-11(2)12-6-3-4-7-13(12)16/h3-9,11,17H,1-2H3/t11-/m0/s1. The average Bonchev–Trinajstić information content (AvgIpc) is 2.46. The van der Waals surface area contributed by atoms with Crippen molar-refractivity contribution in [3.63, 3.8) is 0 Å². The lowest BCUT2D eigenvalue weighted by Crippen LogP contribution is -2.27. The highest BCUT2D eigenvalue weighted by atomic mass is 79.9. The predicted octanol–water partition coefficient (Wildman–Crippen LogP) is 3.71. The maximum absolute atomic E-state index is 12.6. The Hall–Kier alpha value is -1.77. The molecule has 0 aliphatic heterocycles. The van der Waals surface area contributed by atoms with Crippen LogP contribution in [0.4, 0.5) is 5.69 Å². The summed E-state index contributed by atoms with van der Waals surface area (Å²) in [5, 5.41) is 11.0. The number of nitrogens with one attached hydrogen (secondary N) is 1. The molecule has 0 bridgehead atoms. The van der Waals surface area contributed by atoms with Crippen LogP contribution >= 0.6 is 15.9 Å². The van der Waals surface area contributed by atoms with Gasteiger partial charge in [0, 0.05) is 22.1 Å². The van der Waals surface area contributed by atoms with Gasteiger partial charge in [-0.05, 0) is 31.5 Å². The van der Waals surface area contributed by atoms with Crippen LogP contribution < -0.4 is 4.72 Å². The van der Waals surface area contributed by atoms with Gasteiger partial charge in [0.25, 0.3) is 5.69 Å². The molecule has 0 aliphatic rings. The number of sulfonamides is 1. The normalized spacial score (nSPS) is 12.8. The summed E-state index contributed by atoms with van der Waals surface area (Å²) in [6.07, 6.45) is 0. The number of nitrogens with zero attached hydrogens (tertiary/aromatic N) is 1. The minimum Gasteiger partial charge on any atom is -0.258 e. The van der Waals surface area contributed by atoms with Gasteiger partial charge in [-0.3, -0.25) is 10.1 Å². The molecule has 23 heavy (non-hydrogen) atoms. The van der Waals surface area contributed by atoms with Crippen molar-refractivity contribution in [1.29, 1.82) is 0 Å². The van der Waals surface area contributed by atoms with E-state index in [2.05, 4.69) is 20.7 Å². The molecular weight excluding hydrogens is 384 g/mol. The van der Waals surface area contributed by atoms with Crippen molar-refractivity contribution in [2.75, 3.05) is 0 Å². The second kappa shape index (κ2) is 6.77. The lowest BCUT2D eigenvalue weighted by molar-refractivity contribution is -0.385. The molecule has 0 saturated carbocycles. The van der Waals surface area contributed by atoms with E-state index in [9.17, 15) is 18.5 Å². The Labute approximate surface area is 142 Å². The summed E-state index contributed by atoms with van der Waals surface area (Å²) in [6, 6.07) is 10.8. The average molecular weight is 399 g/mol. The van der Waals surface area contributed by atoms with Crippen LogP contribution in [-0.2, 0) is 10.0 Å². The fourth-order valence-electron chi connectivity index (χ4n) is 2.28. The van der Waals surface area contributed by atoms with E-state index in [4.69, 9.17) is 0 Å². The van der Waals surface area contributed by atoms with E-state index in [0.717, 1.165) is 10.0 Å². The SMILES string of the molecule is Cc1c([N+](=O)[O-])cccc1S(=O)(=O)N[C@@H](C)c1ccccc1Br. The Morgan fingerprint density at radius 2 is 1.83 bits per heavy atom. The van der Waals surface area contributed by atoms with Gasteiger partial charge in [0.05, 0.1) is 9.82 Å². The number of benzene rings is 2. The molecule has 1 N–H and O–H groups in total. The second-order valence-corrected chi connectivity index (χ2v) is 7.56. The zero-order chi connectivity index (χ0) is 17.2. The lowest BCUT2D eigenvalue weighted by Gasteiger charge is -2.17. The van der Waals surface area contributed by atoms with Crippen molar-refractivity contribution < 1.29 is 13.3 Å². The van der Waals surface area contributed by atoms with Crippen molar-refractivity contribution >= 4 is 31.6 Å². The molecule has 2 rings (SSSR count). The van der Waals surface area contributed by atoms with Crippen molar-refractivity contribution in [3.05, 3.63) is 68.2 Å². The molecule has 0 saturated heterocycles. The fourth-order valence-corrected chi connectivity index (χ4v) is 4.39. The number of nitro groups is 1. The summed E-state index contributed by atoms with van der Waals surface area (Å²) in [7, 11) is -3.89. The first-order chi connectivity index (χ1) is 10.7. The molecule has 0 aromatic heterocycles. The number of halogens is 1. The Balaban J connectivity index is 2.39. The molecule has 2 aromatic rings. The summed E-state index contributed by atoms with van der Waals surface area (Å²) in [4.78, 5) is 10.3. The highest BCUT2D eigenvalue weighted by Crippen LogP contribution is 2.28. The molecule has 122 valence electrons. The van der Waals surface area contributed by atoms with Gasteiger partial charge in [-0.15, -0.1) is 0 Å². The maximum Gasteiger partial charge on any atom is 0.273 e. The van der Waals surface area contributed by atoms with E-state index in [1.54, 1.807) is 13.0 Å². The molecule has 0 aliphatic carbocycles. The Kier molecular flexibility index (Phi) is 5.18. The van der Waals surface area contributed by atoms with Crippen LogP contribution in [-0.4, -0.2) is 13.3 Å². The first kappa shape index (κ1) is 17.6. The fraction of sp³-hybridized carbons (Fsp3) is 0.200. The highest BCUT2D eigenvalue weighted by Gasteiger charge is 2.25. The summed E-state index contributed by atoms with van der Waals surface area (Å²) in [6.45, 7) is 3.14. The van der Waals surface area contributed by atoms with Crippen LogP contribution in [0.2, 0.25) is 0 Å². The molecular formula is C15H15BrN2O4S. The van der Waals surface area contributed by atoms with Crippen LogP contribution in [0.3, 0.4) is 0 Å². The summed E-state index contributed by atoms with van der Waals surface area (Å²) >= 11 is 3.38. The molecule has 0 fully saturated rings. The third-order valence-electron chi connectivity index (χ3n) is 3.45. The van der Waals surface area contributed by atoms with Gasteiger partial charge in [0.1, 0.15) is 0 Å². The second-order valence-electron chi connectivity index (χ2n) is 5.02. The number of rotatable bonds is 5. The molecule has 0 amide bonds. The first-order valence-corrected chi connectivity index (χ1v) is 9.02. The molecule has 0 heterocycles. The predicted molar refractivity (Wildman–Crippen MR) is 90.7 cm³/mol. The minimum absolute atomic E-state index is 0.0920. The third-order valence-corrected chi connectivity index (χ3v) is 5.85. The maximum atomic E-state index is 12.6. The zero-order valence-electron chi connectivity index (χ0n) is 12.5. The summed E-state index contributed by atoms with van der Waals surface area (Å²) in [5.74, 6) is 0. The van der Waals surface area contributed by atoms with E-state index in [0.29, 0.717) is 0 Å². The number of hydrogen-bond donors (Lipinski definition) is 1. The van der Waals surface area contributed by atoms with E-state index in [1.165, 1.54) is 25.1 Å². The molecule has 1 atom stereocenters. The monoisotopic (exact) mass is 398 g/mol. The molecule has 8 heteroatoms. The minimum atomic E-state index is -3.89. The summed E-state index contributed by atoms with van der Waals surface area (Å²) < 4.78 is 28.5. The van der Waals surface area contributed by atoms with Gasteiger partial charge >= 0.3 is 0 Å². The highest BCUT2D eigenvalue weighted by molar-refractivity contribution is 9.10. The Morgan fingerprint density at radius 1 is 1.17 bits per heavy atom. The van der Waals surface area contributed by atoms with Gasteiger partial charge in [-0.2, -0.15) is 0 Å². The molecule has 0 radical (unpaired) electrons.